The monoisotopic (exact) mass is 514 g/mol. The van der Waals surface area contributed by atoms with Crippen molar-refractivity contribution in [3.8, 4) is 17.2 Å². The highest BCUT2D eigenvalue weighted by atomic mass is 35.5. The minimum absolute atomic E-state index is 0.0886. The van der Waals surface area contributed by atoms with Gasteiger partial charge in [-0.3, -0.25) is 0 Å². The second-order valence-corrected chi connectivity index (χ2v) is 11.7. The molecule has 0 atom stereocenters. The number of sulfone groups is 1. The van der Waals surface area contributed by atoms with Crippen LogP contribution < -0.4 is 5.32 Å². The SMILES string of the molecule is CCS(=O)(=O)c1ccc(CCNc2cc(Cl)c(-c3ccc(CC(C)C)c(C#N)c3)c(Cl)c2)cc1. The largest absolute Gasteiger partial charge is 0.385 e. The Morgan fingerprint density at radius 3 is 2.21 bits per heavy atom. The van der Waals surface area contributed by atoms with Crippen molar-refractivity contribution < 1.29 is 8.42 Å². The predicted molar refractivity (Wildman–Crippen MR) is 142 cm³/mol. The smallest absolute Gasteiger partial charge is 0.178 e. The van der Waals surface area contributed by atoms with Gasteiger partial charge in [-0.1, -0.05) is 68.2 Å². The van der Waals surface area contributed by atoms with Gasteiger partial charge in [0.15, 0.2) is 9.84 Å². The molecular weight excluding hydrogens is 487 g/mol. The normalized spacial score (nSPS) is 11.4. The lowest BCUT2D eigenvalue weighted by Gasteiger charge is -2.14. The van der Waals surface area contributed by atoms with Gasteiger partial charge in [0.25, 0.3) is 0 Å². The maximum absolute atomic E-state index is 11.9. The Labute approximate surface area is 212 Å². The van der Waals surface area contributed by atoms with Crippen LogP contribution in [0.15, 0.2) is 59.5 Å². The van der Waals surface area contributed by atoms with E-state index in [1.807, 2.05) is 42.5 Å². The van der Waals surface area contributed by atoms with Gasteiger partial charge in [0.1, 0.15) is 0 Å². The summed E-state index contributed by atoms with van der Waals surface area (Å²) in [6.07, 6.45) is 1.55. The molecule has 7 heteroatoms. The second kappa shape index (κ2) is 11.3. The third-order valence-corrected chi connectivity index (χ3v) is 7.94. The van der Waals surface area contributed by atoms with Crippen LogP contribution in [0.1, 0.15) is 37.5 Å². The number of benzene rings is 3. The Hall–Kier alpha value is -2.52. The Bertz CT molecular complexity index is 1290. The summed E-state index contributed by atoms with van der Waals surface area (Å²) in [5.74, 6) is 0.545. The standard InChI is InChI=1S/C27H28Cl2N2O2S/c1-4-34(32,33)24-9-5-19(6-10-24)11-12-31-23-15-25(28)27(26(29)16-23)21-8-7-20(13-18(2)3)22(14-21)17-30/h5-10,14-16,18,31H,4,11-13H2,1-3H3. The molecule has 0 aliphatic rings. The fraction of sp³-hybridized carbons (Fsp3) is 0.296. The molecule has 0 saturated carbocycles. The summed E-state index contributed by atoms with van der Waals surface area (Å²) in [7, 11) is -3.19. The average Bonchev–Trinajstić information content (AvgIpc) is 2.79. The van der Waals surface area contributed by atoms with Crippen LogP contribution in [0.25, 0.3) is 11.1 Å². The maximum Gasteiger partial charge on any atom is 0.178 e. The Morgan fingerprint density at radius 1 is 1.00 bits per heavy atom. The average molecular weight is 516 g/mol. The number of nitrogens with one attached hydrogen (secondary N) is 1. The summed E-state index contributed by atoms with van der Waals surface area (Å²) in [5.41, 5.74) is 5.00. The molecule has 34 heavy (non-hydrogen) atoms. The number of nitrogens with zero attached hydrogens (tertiary/aromatic N) is 1. The molecular formula is C27H28Cl2N2O2S. The fourth-order valence-electron chi connectivity index (χ4n) is 3.79. The molecule has 178 valence electrons. The van der Waals surface area contributed by atoms with E-state index in [1.165, 1.54) is 0 Å². The van der Waals surface area contributed by atoms with Gasteiger partial charge in [-0.2, -0.15) is 5.26 Å². The van der Waals surface area contributed by atoms with Gasteiger partial charge in [-0.05, 0) is 65.8 Å². The van der Waals surface area contributed by atoms with E-state index in [0.717, 1.165) is 28.8 Å². The van der Waals surface area contributed by atoms with Crippen molar-refractivity contribution in [3.63, 3.8) is 0 Å². The Balaban J connectivity index is 1.72. The zero-order chi connectivity index (χ0) is 24.9. The van der Waals surface area contributed by atoms with Crippen LogP contribution in [0.5, 0.6) is 0 Å². The number of nitriles is 1. The van der Waals surface area contributed by atoms with Crippen molar-refractivity contribution in [2.45, 2.75) is 38.5 Å². The lowest BCUT2D eigenvalue weighted by atomic mass is 9.94. The lowest BCUT2D eigenvalue weighted by Crippen LogP contribution is -2.06. The summed E-state index contributed by atoms with van der Waals surface area (Å²) < 4.78 is 23.9. The highest BCUT2D eigenvalue weighted by Gasteiger charge is 2.14. The van der Waals surface area contributed by atoms with E-state index in [2.05, 4.69) is 25.2 Å². The molecule has 0 aromatic heterocycles. The van der Waals surface area contributed by atoms with E-state index in [-0.39, 0.29) is 5.75 Å². The van der Waals surface area contributed by atoms with Crippen molar-refractivity contribution in [2.75, 3.05) is 17.6 Å². The molecule has 0 fully saturated rings. The van der Waals surface area contributed by atoms with E-state index in [9.17, 15) is 13.7 Å². The topological polar surface area (TPSA) is 70.0 Å². The van der Waals surface area contributed by atoms with Crippen LogP contribution in [0.4, 0.5) is 5.69 Å². The van der Waals surface area contributed by atoms with Crippen LogP contribution in [0.2, 0.25) is 10.0 Å². The summed E-state index contributed by atoms with van der Waals surface area (Å²) >= 11 is 13.2. The molecule has 1 N–H and O–H groups in total. The van der Waals surface area contributed by atoms with Gasteiger partial charge >= 0.3 is 0 Å². The van der Waals surface area contributed by atoms with Crippen molar-refractivity contribution in [2.24, 2.45) is 5.92 Å². The number of rotatable bonds is 9. The van der Waals surface area contributed by atoms with Gasteiger partial charge in [0.05, 0.1) is 32.3 Å². The van der Waals surface area contributed by atoms with Gasteiger partial charge in [-0.25, -0.2) is 8.42 Å². The molecule has 0 bridgehead atoms. The molecule has 3 aromatic rings. The summed E-state index contributed by atoms with van der Waals surface area (Å²) in [5, 5.41) is 13.9. The zero-order valence-corrected chi connectivity index (χ0v) is 21.9. The molecule has 0 spiro atoms. The van der Waals surface area contributed by atoms with Gasteiger partial charge in [0, 0.05) is 17.8 Å². The molecule has 0 aliphatic heterocycles. The lowest BCUT2D eigenvalue weighted by molar-refractivity contribution is 0.597. The first-order valence-electron chi connectivity index (χ1n) is 11.2. The summed E-state index contributed by atoms with van der Waals surface area (Å²) in [4.78, 5) is 0.345. The fourth-order valence-corrected chi connectivity index (χ4v) is 5.38. The Morgan fingerprint density at radius 2 is 1.65 bits per heavy atom. The Kier molecular flexibility index (Phi) is 8.65. The molecule has 3 rings (SSSR count). The van der Waals surface area contributed by atoms with E-state index in [1.54, 1.807) is 19.1 Å². The first kappa shape index (κ1) is 26.1. The highest BCUT2D eigenvalue weighted by molar-refractivity contribution is 7.91. The molecule has 3 aromatic carbocycles. The summed E-state index contributed by atoms with van der Waals surface area (Å²) in [6.45, 7) is 6.52. The van der Waals surface area contributed by atoms with Crippen LogP contribution in [0.3, 0.4) is 0 Å². The molecule has 0 amide bonds. The van der Waals surface area contributed by atoms with Crippen molar-refractivity contribution in [1.82, 2.24) is 0 Å². The third kappa shape index (κ3) is 6.33. The third-order valence-electron chi connectivity index (χ3n) is 5.59. The second-order valence-electron chi connectivity index (χ2n) is 8.62. The van der Waals surface area contributed by atoms with Crippen molar-refractivity contribution in [1.29, 1.82) is 5.26 Å². The predicted octanol–water partition coefficient (Wildman–Crippen LogP) is 7.18. The molecule has 0 heterocycles. The minimum Gasteiger partial charge on any atom is -0.385 e. The molecule has 0 radical (unpaired) electrons. The highest BCUT2D eigenvalue weighted by Crippen LogP contribution is 2.38. The van der Waals surface area contributed by atoms with Crippen LogP contribution in [-0.2, 0) is 22.7 Å². The van der Waals surface area contributed by atoms with E-state index < -0.39 is 9.84 Å². The minimum atomic E-state index is -3.19. The number of halogens is 2. The number of hydrogen-bond acceptors (Lipinski definition) is 4. The maximum atomic E-state index is 11.9. The van der Waals surface area contributed by atoms with Gasteiger partial charge < -0.3 is 5.32 Å². The van der Waals surface area contributed by atoms with Gasteiger partial charge in [-0.15, -0.1) is 0 Å². The molecule has 0 saturated heterocycles. The van der Waals surface area contributed by atoms with Crippen LogP contribution >= 0.6 is 23.2 Å². The van der Waals surface area contributed by atoms with E-state index >= 15 is 0 Å². The van der Waals surface area contributed by atoms with E-state index in [0.29, 0.717) is 45.0 Å². The van der Waals surface area contributed by atoms with Gasteiger partial charge in [0.2, 0.25) is 0 Å². The van der Waals surface area contributed by atoms with E-state index in [4.69, 9.17) is 23.2 Å². The first-order chi connectivity index (χ1) is 16.1. The zero-order valence-electron chi connectivity index (χ0n) is 19.5. The van der Waals surface area contributed by atoms with Crippen molar-refractivity contribution in [3.05, 3.63) is 81.3 Å². The molecule has 0 aliphatic carbocycles. The number of hydrogen-bond donors (Lipinski definition) is 1. The molecule has 0 unspecified atom stereocenters. The first-order valence-corrected chi connectivity index (χ1v) is 13.6. The van der Waals surface area contributed by atoms with Crippen LogP contribution in [-0.4, -0.2) is 20.7 Å². The molecule has 4 nitrogen and oxygen atoms in total. The summed E-state index contributed by atoms with van der Waals surface area (Å²) in [6, 6.07) is 18.7. The van der Waals surface area contributed by atoms with Crippen LogP contribution in [0, 0.1) is 17.2 Å². The number of anilines is 1. The quantitative estimate of drug-likeness (QED) is 0.328. The van der Waals surface area contributed by atoms with Crippen molar-refractivity contribution >= 4 is 38.7 Å².